The lowest BCUT2D eigenvalue weighted by Gasteiger charge is -2.29. The Hall–Kier alpha value is -1.25. The molecular weight excluding hydrogens is 371 g/mol. The first kappa shape index (κ1) is 20.8. The van der Waals surface area contributed by atoms with Gasteiger partial charge in [-0.15, -0.1) is 36.2 Å². The molecule has 132 valence electrons. The van der Waals surface area contributed by atoms with Crippen molar-refractivity contribution in [2.24, 2.45) is 0 Å². The fraction of sp³-hybridized carbons (Fsp3) is 0.400. The molecule has 1 amide bonds. The number of ether oxygens (including phenoxy) is 1. The highest BCUT2D eigenvalue weighted by Gasteiger charge is 2.28. The Morgan fingerprint density at radius 1 is 1.42 bits per heavy atom. The number of pyridine rings is 1. The first-order valence-electron chi connectivity index (χ1n) is 7.21. The monoisotopic (exact) mass is 390 g/mol. The van der Waals surface area contributed by atoms with Gasteiger partial charge in [-0.1, -0.05) is 0 Å². The van der Waals surface area contributed by atoms with Crippen LogP contribution < -0.4 is 10.6 Å². The molecule has 2 aromatic heterocycles. The van der Waals surface area contributed by atoms with Crippen LogP contribution >= 0.6 is 36.2 Å². The van der Waals surface area contributed by atoms with E-state index in [1.807, 2.05) is 24.4 Å². The summed E-state index contributed by atoms with van der Waals surface area (Å²) in [5.74, 6) is -0.0483. The van der Waals surface area contributed by atoms with E-state index in [1.165, 1.54) is 11.3 Å². The Balaban J connectivity index is 0.00000144. The third kappa shape index (κ3) is 5.12. The SMILES string of the molecule is C[C@H]1OCCN[C@@H]1C(=O)NCc1nc(-c2ccncc2)cs1.Cl.Cl. The maximum absolute atomic E-state index is 12.2. The van der Waals surface area contributed by atoms with Crippen LogP contribution in [0, 0.1) is 0 Å². The molecule has 9 heteroatoms. The van der Waals surface area contributed by atoms with Gasteiger partial charge in [0.15, 0.2) is 0 Å². The highest BCUT2D eigenvalue weighted by Crippen LogP contribution is 2.20. The standard InChI is InChI=1S/C15H18N4O2S.2ClH/c1-10-14(17-6-7-21-10)15(20)18-8-13-19-12(9-22-13)11-2-4-16-5-3-11;;/h2-5,9-10,14,17H,6-8H2,1H3,(H,18,20);2*1H/t10-,14+;;/m1../s1. The van der Waals surface area contributed by atoms with Crippen molar-refractivity contribution >= 4 is 42.1 Å². The first-order chi connectivity index (χ1) is 10.7. The minimum atomic E-state index is -0.298. The molecule has 1 aliphatic heterocycles. The smallest absolute Gasteiger partial charge is 0.240 e. The van der Waals surface area contributed by atoms with E-state index in [1.54, 1.807) is 12.4 Å². The number of aromatic nitrogens is 2. The van der Waals surface area contributed by atoms with Gasteiger partial charge in [0.05, 0.1) is 24.9 Å². The van der Waals surface area contributed by atoms with E-state index in [4.69, 9.17) is 4.74 Å². The van der Waals surface area contributed by atoms with Crippen LogP contribution in [-0.4, -0.2) is 41.2 Å². The van der Waals surface area contributed by atoms with Gasteiger partial charge in [-0.2, -0.15) is 0 Å². The summed E-state index contributed by atoms with van der Waals surface area (Å²) in [4.78, 5) is 20.7. The normalized spacial score (nSPS) is 19.7. The van der Waals surface area contributed by atoms with Crippen molar-refractivity contribution in [2.75, 3.05) is 13.2 Å². The molecule has 6 nitrogen and oxygen atoms in total. The predicted octanol–water partition coefficient (Wildman–Crippen LogP) is 2.04. The average molecular weight is 391 g/mol. The van der Waals surface area contributed by atoms with Gasteiger partial charge >= 0.3 is 0 Å². The van der Waals surface area contributed by atoms with E-state index in [0.717, 1.165) is 16.3 Å². The molecule has 1 fully saturated rings. The summed E-state index contributed by atoms with van der Waals surface area (Å²) in [7, 11) is 0. The number of halogens is 2. The number of amides is 1. The molecule has 0 aromatic carbocycles. The average Bonchev–Trinajstić information content (AvgIpc) is 3.03. The van der Waals surface area contributed by atoms with E-state index in [-0.39, 0.29) is 42.9 Å². The van der Waals surface area contributed by atoms with Gasteiger partial charge < -0.3 is 15.4 Å². The topological polar surface area (TPSA) is 76.1 Å². The Bertz CT molecular complexity index is 641. The predicted molar refractivity (Wildman–Crippen MR) is 98.9 cm³/mol. The van der Waals surface area contributed by atoms with Crippen molar-refractivity contribution in [1.82, 2.24) is 20.6 Å². The van der Waals surface area contributed by atoms with Crippen LogP contribution in [0.25, 0.3) is 11.3 Å². The lowest BCUT2D eigenvalue weighted by molar-refractivity contribution is -0.129. The van der Waals surface area contributed by atoms with Gasteiger partial charge in [0.25, 0.3) is 0 Å². The lowest BCUT2D eigenvalue weighted by Crippen LogP contribution is -2.55. The summed E-state index contributed by atoms with van der Waals surface area (Å²) < 4.78 is 5.48. The van der Waals surface area contributed by atoms with E-state index in [0.29, 0.717) is 19.7 Å². The third-order valence-electron chi connectivity index (χ3n) is 3.54. The number of morpholine rings is 1. The lowest BCUT2D eigenvalue weighted by atomic mass is 10.1. The summed E-state index contributed by atoms with van der Waals surface area (Å²) >= 11 is 1.54. The molecule has 0 unspecified atom stereocenters. The molecule has 0 spiro atoms. The number of carbonyl (C=O) groups is 1. The minimum absolute atomic E-state index is 0. The fourth-order valence-corrected chi connectivity index (χ4v) is 3.09. The molecule has 2 N–H and O–H groups in total. The van der Waals surface area contributed by atoms with Crippen molar-refractivity contribution < 1.29 is 9.53 Å². The highest BCUT2D eigenvalue weighted by atomic mass is 35.5. The van der Waals surface area contributed by atoms with Gasteiger partial charge in [0, 0.05) is 29.9 Å². The van der Waals surface area contributed by atoms with Crippen LogP contribution in [0.4, 0.5) is 0 Å². The number of hydrogen-bond acceptors (Lipinski definition) is 6. The van der Waals surface area contributed by atoms with Gasteiger partial charge in [-0.05, 0) is 19.1 Å². The number of nitrogens with one attached hydrogen (secondary N) is 2. The zero-order valence-electron chi connectivity index (χ0n) is 13.1. The molecule has 1 aliphatic rings. The summed E-state index contributed by atoms with van der Waals surface area (Å²) in [5.41, 5.74) is 1.93. The molecule has 0 saturated carbocycles. The maximum Gasteiger partial charge on any atom is 0.240 e. The quantitative estimate of drug-likeness (QED) is 0.834. The van der Waals surface area contributed by atoms with Crippen LogP contribution in [0.2, 0.25) is 0 Å². The Morgan fingerprint density at radius 2 is 2.17 bits per heavy atom. The third-order valence-corrected chi connectivity index (χ3v) is 4.39. The number of carbonyl (C=O) groups excluding carboxylic acids is 1. The van der Waals surface area contributed by atoms with E-state index < -0.39 is 0 Å². The highest BCUT2D eigenvalue weighted by molar-refractivity contribution is 7.09. The number of hydrogen-bond donors (Lipinski definition) is 2. The molecule has 1 saturated heterocycles. The molecular formula is C15H20Cl2N4O2S. The van der Waals surface area contributed by atoms with E-state index >= 15 is 0 Å². The summed E-state index contributed by atoms with van der Waals surface area (Å²) in [6.07, 6.45) is 3.37. The number of thiazole rings is 1. The van der Waals surface area contributed by atoms with E-state index in [2.05, 4.69) is 20.6 Å². The van der Waals surface area contributed by atoms with Crippen LogP contribution in [0.1, 0.15) is 11.9 Å². The van der Waals surface area contributed by atoms with Gasteiger partial charge in [0.1, 0.15) is 11.0 Å². The second kappa shape index (κ2) is 9.90. The van der Waals surface area contributed by atoms with Crippen LogP contribution in [0.15, 0.2) is 29.9 Å². The van der Waals surface area contributed by atoms with Crippen molar-refractivity contribution in [3.8, 4) is 11.3 Å². The van der Waals surface area contributed by atoms with Crippen molar-refractivity contribution in [3.63, 3.8) is 0 Å². The van der Waals surface area contributed by atoms with Gasteiger partial charge in [0.2, 0.25) is 5.91 Å². The largest absolute Gasteiger partial charge is 0.375 e. The van der Waals surface area contributed by atoms with Crippen molar-refractivity contribution in [2.45, 2.75) is 25.6 Å². The molecule has 2 atom stereocenters. The van der Waals surface area contributed by atoms with Crippen molar-refractivity contribution in [3.05, 3.63) is 34.9 Å². The maximum atomic E-state index is 12.2. The van der Waals surface area contributed by atoms with Gasteiger partial charge in [-0.25, -0.2) is 4.98 Å². The number of nitrogens with zero attached hydrogens (tertiary/aromatic N) is 2. The molecule has 2 aromatic rings. The van der Waals surface area contributed by atoms with Crippen molar-refractivity contribution in [1.29, 1.82) is 0 Å². The Labute approximate surface area is 157 Å². The molecule has 24 heavy (non-hydrogen) atoms. The first-order valence-corrected chi connectivity index (χ1v) is 8.09. The van der Waals surface area contributed by atoms with Crippen LogP contribution in [-0.2, 0) is 16.1 Å². The van der Waals surface area contributed by atoms with Crippen LogP contribution in [0.3, 0.4) is 0 Å². The van der Waals surface area contributed by atoms with Crippen LogP contribution in [0.5, 0.6) is 0 Å². The summed E-state index contributed by atoms with van der Waals surface area (Å²) in [6.45, 7) is 3.68. The second-order valence-electron chi connectivity index (χ2n) is 5.09. The number of rotatable bonds is 4. The Morgan fingerprint density at radius 3 is 2.88 bits per heavy atom. The zero-order valence-corrected chi connectivity index (χ0v) is 15.5. The summed E-state index contributed by atoms with van der Waals surface area (Å²) in [6, 6.07) is 3.54. The molecule has 0 radical (unpaired) electrons. The molecule has 3 rings (SSSR count). The molecule has 0 bridgehead atoms. The Kier molecular flexibility index (Phi) is 8.58. The minimum Gasteiger partial charge on any atom is -0.375 e. The summed E-state index contributed by atoms with van der Waals surface area (Å²) in [5, 5.41) is 8.96. The van der Waals surface area contributed by atoms with E-state index in [9.17, 15) is 4.79 Å². The second-order valence-corrected chi connectivity index (χ2v) is 6.03. The van der Waals surface area contributed by atoms with Gasteiger partial charge in [-0.3, -0.25) is 9.78 Å². The zero-order chi connectivity index (χ0) is 15.4. The molecule has 0 aliphatic carbocycles. The molecule has 3 heterocycles. The fourth-order valence-electron chi connectivity index (χ4n) is 2.35.